The lowest BCUT2D eigenvalue weighted by Gasteiger charge is -2.22. The summed E-state index contributed by atoms with van der Waals surface area (Å²) in [7, 11) is -3.49. The number of nitrogens with zero attached hydrogens (tertiary/aromatic N) is 2. The first kappa shape index (κ1) is 12.6. The third kappa shape index (κ3) is 2.68. The van der Waals surface area contributed by atoms with Crippen molar-refractivity contribution in [2.75, 3.05) is 0 Å². The van der Waals surface area contributed by atoms with Crippen molar-refractivity contribution in [2.45, 2.75) is 37.6 Å². The van der Waals surface area contributed by atoms with Crippen LogP contribution in [0.3, 0.4) is 0 Å². The predicted molar refractivity (Wildman–Crippen MR) is 66.9 cm³/mol. The van der Waals surface area contributed by atoms with Crippen LogP contribution in [0.2, 0.25) is 0 Å². The Kier molecular flexibility index (Phi) is 3.52. The number of hydrogen-bond donors (Lipinski definition) is 0. The van der Waals surface area contributed by atoms with Crippen LogP contribution in [0.25, 0.3) is 0 Å². The van der Waals surface area contributed by atoms with Gasteiger partial charge >= 0.3 is 0 Å². The molecule has 17 heavy (non-hydrogen) atoms. The highest BCUT2D eigenvalue weighted by Crippen LogP contribution is 2.32. The average Bonchev–Trinajstić information content (AvgIpc) is 3.01. The average molecular weight is 270 g/mol. The highest BCUT2D eigenvalue weighted by Gasteiger charge is 2.39. The maximum atomic E-state index is 12.2. The molecule has 1 unspecified atom stereocenters. The molecule has 0 saturated heterocycles. The van der Waals surface area contributed by atoms with Crippen molar-refractivity contribution in [3.63, 3.8) is 0 Å². The first-order valence-electron chi connectivity index (χ1n) is 5.47. The van der Waals surface area contributed by atoms with Crippen molar-refractivity contribution in [3.8, 4) is 6.07 Å². The molecular weight excluding hydrogens is 256 g/mol. The van der Waals surface area contributed by atoms with Crippen molar-refractivity contribution in [2.24, 2.45) is 0 Å². The maximum absolute atomic E-state index is 12.2. The zero-order chi connectivity index (χ0) is 12.5. The van der Waals surface area contributed by atoms with Gasteiger partial charge < -0.3 is 0 Å². The van der Waals surface area contributed by atoms with Gasteiger partial charge in [0.1, 0.15) is 0 Å². The fourth-order valence-electron chi connectivity index (χ4n) is 1.62. The minimum absolute atomic E-state index is 0.0932. The summed E-state index contributed by atoms with van der Waals surface area (Å²) >= 11 is 1.55. The van der Waals surface area contributed by atoms with Gasteiger partial charge in [0, 0.05) is 12.6 Å². The van der Waals surface area contributed by atoms with Crippen molar-refractivity contribution < 1.29 is 8.42 Å². The van der Waals surface area contributed by atoms with Crippen LogP contribution >= 0.6 is 11.3 Å². The maximum Gasteiger partial charge on any atom is 0.230 e. The molecule has 4 nitrogen and oxygen atoms in total. The number of sulfonamides is 1. The Labute approximate surface area is 106 Å². The Balaban J connectivity index is 2.21. The van der Waals surface area contributed by atoms with Gasteiger partial charge in [0.15, 0.2) is 5.25 Å². The lowest BCUT2D eigenvalue weighted by Crippen LogP contribution is -2.38. The summed E-state index contributed by atoms with van der Waals surface area (Å²) in [5, 5.41) is 11.7. The van der Waals surface area contributed by atoms with Crippen molar-refractivity contribution in [3.05, 3.63) is 22.4 Å². The Morgan fingerprint density at radius 1 is 1.65 bits per heavy atom. The topological polar surface area (TPSA) is 61.2 Å². The molecule has 0 spiro atoms. The molecule has 0 aromatic carbocycles. The van der Waals surface area contributed by atoms with Crippen LogP contribution in [-0.4, -0.2) is 24.0 Å². The molecule has 0 N–H and O–H groups in total. The first-order valence-corrected chi connectivity index (χ1v) is 7.91. The molecule has 0 bridgehead atoms. The minimum Gasteiger partial charge on any atom is -0.211 e. The van der Waals surface area contributed by atoms with Crippen molar-refractivity contribution in [1.82, 2.24) is 4.31 Å². The summed E-state index contributed by atoms with van der Waals surface area (Å²) in [6, 6.07) is 3.84. The van der Waals surface area contributed by atoms with Crippen molar-refractivity contribution in [1.29, 1.82) is 5.26 Å². The third-order valence-electron chi connectivity index (χ3n) is 2.83. The second kappa shape index (κ2) is 4.77. The van der Waals surface area contributed by atoms with Crippen LogP contribution < -0.4 is 0 Å². The standard InChI is InChI=1S/C11H14N2O2S2/c1-9(6-12)17(14,15)13(11-2-3-11)7-10-4-5-16-8-10/h4-5,8-9,11H,2-3,7H2,1H3. The van der Waals surface area contributed by atoms with Gasteiger partial charge in [-0.05, 0) is 42.2 Å². The summed E-state index contributed by atoms with van der Waals surface area (Å²) in [6.07, 6.45) is 1.81. The molecule has 0 radical (unpaired) electrons. The lowest BCUT2D eigenvalue weighted by molar-refractivity contribution is 0.396. The molecular formula is C11H14N2O2S2. The highest BCUT2D eigenvalue weighted by molar-refractivity contribution is 7.89. The zero-order valence-corrected chi connectivity index (χ0v) is 11.2. The van der Waals surface area contributed by atoms with Gasteiger partial charge in [-0.3, -0.25) is 0 Å². The minimum atomic E-state index is -3.49. The van der Waals surface area contributed by atoms with E-state index in [-0.39, 0.29) is 6.04 Å². The van der Waals surface area contributed by atoms with E-state index >= 15 is 0 Å². The molecule has 1 heterocycles. The van der Waals surface area contributed by atoms with Gasteiger partial charge in [-0.2, -0.15) is 20.9 Å². The summed E-state index contributed by atoms with van der Waals surface area (Å²) in [5.74, 6) is 0. The van der Waals surface area contributed by atoms with E-state index in [4.69, 9.17) is 5.26 Å². The van der Waals surface area contributed by atoms with E-state index in [9.17, 15) is 8.42 Å². The highest BCUT2D eigenvalue weighted by atomic mass is 32.2. The molecule has 1 aromatic rings. The summed E-state index contributed by atoms with van der Waals surface area (Å²) in [5.41, 5.74) is 0.996. The summed E-state index contributed by atoms with van der Waals surface area (Å²) in [6.45, 7) is 1.83. The van der Waals surface area contributed by atoms with Crippen LogP contribution in [0.1, 0.15) is 25.3 Å². The van der Waals surface area contributed by atoms with E-state index in [0.29, 0.717) is 6.54 Å². The molecule has 2 rings (SSSR count). The number of hydrogen-bond acceptors (Lipinski definition) is 4. The van der Waals surface area contributed by atoms with Gasteiger partial charge in [-0.1, -0.05) is 0 Å². The Bertz CT molecular complexity index is 512. The SMILES string of the molecule is CC(C#N)S(=O)(=O)N(Cc1ccsc1)C1CC1. The number of nitriles is 1. The molecule has 0 amide bonds. The monoisotopic (exact) mass is 270 g/mol. The van der Waals surface area contributed by atoms with Gasteiger partial charge in [0.05, 0.1) is 6.07 Å². The van der Waals surface area contributed by atoms with Crippen LogP contribution in [0.5, 0.6) is 0 Å². The van der Waals surface area contributed by atoms with E-state index in [1.165, 1.54) is 11.2 Å². The van der Waals surface area contributed by atoms with Gasteiger partial charge in [-0.15, -0.1) is 0 Å². The number of thiophene rings is 1. The largest absolute Gasteiger partial charge is 0.230 e. The molecule has 1 saturated carbocycles. The predicted octanol–water partition coefficient (Wildman–Crippen LogP) is 1.95. The molecule has 92 valence electrons. The summed E-state index contributed by atoms with van der Waals surface area (Å²) in [4.78, 5) is 0. The van der Waals surface area contributed by atoms with Crippen LogP contribution in [0.15, 0.2) is 16.8 Å². The molecule has 0 aliphatic heterocycles. The second-order valence-electron chi connectivity index (χ2n) is 4.22. The molecule has 1 atom stereocenters. The molecule has 1 aromatic heterocycles. The van der Waals surface area contributed by atoms with Crippen LogP contribution in [-0.2, 0) is 16.6 Å². The zero-order valence-electron chi connectivity index (χ0n) is 9.54. The van der Waals surface area contributed by atoms with Gasteiger partial charge in [0.25, 0.3) is 0 Å². The fraction of sp³-hybridized carbons (Fsp3) is 0.545. The quantitative estimate of drug-likeness (QED) is 0.821. The Morgan fingerprint density at radius 3 is 2.82 bits per heavy atom. The fourth-order valence-corrected chi connectivity index (χ4v) is 3.78. The van der Waals surface area contributed by atoms with Gasteiger partial charge in [0.2, 0.25) is 10.0 Å². The molecule has 1 aliphatic rings. The van der Waals surface area contributed by atoms with E-state index in [0.717, 1.165) is 18.4 Å². The van der Waals surface area contributed by atoms with E-state index in [1.54, 1.807) is 11.3 Å². The third-order valence-corrected chi connectivity index (χ3v) is 5.64. The molecule has 1 aliphatic carbocycles. The first-order chi connectivity index (χ1) is 8.05. The smallest absolute Gasteiger partial charge is 0.211 e. The lowest BCUT2D eigenvalue weighted by atomic mass is 10.3. The Morgan fingerprint density at radius 2 is 2.35 bits per heavy atom. The second-order valence-corrected chi connectivity index (χ2v) is 7.21. The van der Waals surface area contributed by atoms with Crippen molar-refractivity contribution >= 4 is 21.4 Å². The van der Waals surface area contributed by atoms with Crippen LogP contribution in [0.4, 0.5) is 0 Å². The summed E-state index contributed by atoms with van der Waals surface area (Å²) < 4.78 is 25.8. The molecule has 6 heteroatoms. The van der Waals surface area contributed by atoms with Gasteiger partial charge in [-0.25, -0.2) is 8.42 Å². The van der Waals surface area contributed by atoms with E-state index in [1.807, 2.05) is 22.9 Å². The number of rotatable bonds is 5. The normalized spacial score (nSPS) is 17.9. The Hall–Kier alpha value is -0.900. The van der Waals surface area contributed by atoms with Crippen LogP contribution in [0, 0.1) is 11.3 Å². The van der Waals surface area contributed by atoms with E-state index in [2.05, 4.69) is 0 Å². The molecule has 1 fully saturated rings. The van der Waals surface area contributed by atoms with E-state index < -0.39 is 15.3 Å².